The normalized spacial score (nSPS) is 11.1. The number of rotatable bonds is 6. The number of benzene rings is 1. The van der Waals surface area contributed by atoms with Crippen LogP contribution in [0.3, 0.4) is 0 Å². The molecule has 0 spiro atoms. The van der Waals surface area contributed by atoms with Gasteiger partial charge in [-0.05, 0) is 51.3 Å². The maximum atomic E-state index is 11.7. The Hall–Kier alpha value is -1.54. The summed E-state index contributed by atoms with van der Waals surface area (Å²) >= 11 is 5.87. The fourth-order valence-corrected chi connectivity index (χ4v) is 1.90. The quantitative estimate of drug-likeness (QED) is 0.415. The molecule has 0 atom stereocenters. The van der Waals surface area contributed by atoms with E-state index in [1.165, 1.54) is 5.57 Å². The third kappa shape index (κ3) is 7.15. The van der Waals surface area contributed by atoms with Gasteiger partial charge in [-0.3, -0.25) is 0 Å². The molecule has 0 aliphatic heterocycles. The molecule has 0 heterocycles. The zero-order valence-electron chi connectivity index (χ0n) is 12.3. The maximum Gasteiger partial charge on any atom is 0.331 e. The minimum absolute atomic E-state index is 0.247. The number of esters is 1. The van der Waals surface area contributed by atoms with Crippen molar-refractivity contribution in [2.75, 3.05) is 0 Å². The van der Waals surface area contributed by atoms with Crippen LogP contribution in [0.2, 0.25) is 5.02 Å². The molecular formula is C17H21ClO2. The van der Waals surface area contributed by atoms with Gasteiger partial charge in [-0.15, -0.1) is 0 Å². The highest BCUT2D eigenvalue weighted by Gasteiger charge is 2.01. The second-order valence-electron chi connectivity index (χ2n) is 5.05. The van der Waals surface area contributed by atoms with Crippen LogP contribution < -0.4 is 0 Å². The number of halogens is 1. The Balaban J connectivity index is 2.41. The Morgan fingerprint density at radius 2 is 2.05 bits per heavy atom. The van der Waals surface area contributed by atoms with Crippen molar-refractivity contribution in [2.45, 2.75) is 40.2 Å². The summed E-state index contributed by atoms with van der Waals surface area (Å²) in [6.07, 6.45) is 5.54. The zero-order chi connectivity index (χ0) is 15.0. The topological polar surface area (TPSA) is 26.3 Å². The molecule has 0 unspecified atom stereocenters. The molecule has 1 rings (SSSR count). The average molecular weight is 293 g/mol. The molecule has 0 radical (unpaired) electrons. The van der Waals surface area contributed by atoms with Crippen LogP contribution in [-0.2, 0) is 16.1 Å². The Morgan fingerprint density at radius 1 is 1.30 bits per heavy atom. The SMILES string of the molecule is CC(C)=CCC/C(C)=C/C(=O)OCc1cccc(Cl)c1. The lowest BCUT2D eigenvalue weighted by Gasteiger charge is -2.04. The minimum Gasteiger partial charge on any atom is -0.458 e. The first-order valence-electron chi connectivity index (χ1n) is 6.69. The molecular weight excluding hydrogens is 272 g/mol. The van der Waals surface area contributed by atoms with E-state index in [1.807, 2.05) is 19.1 Å². The van der Waals surface area contributed by atoms with E-state index in [-0.39, 0.29) is 12.6 Å². The van der Waals surface area contributed by atoms with Crippen LogP contribution in [0.1, 0.15) is 39.2 Å². The second kappa shape index (κ2) is 8.60. The van der Waals surface area contributed by atoms with Gasteiger partial charge in [-0.25, -0.2) is 4.79 Å². The van der Waals surface area contributed by atoms with Crippen molar-refractivity contribution in [3.8, 4) is 0 Å². The number of allylic oxidation sites excluding steroid dienone is 3. The summed E-state index contributed by atoms with van der Waals surface area (Å²) < 4.78 is 5.19. The van der Waals surface area contributed by atoms with E-state index in [0.717, 1.165) is 24.0 Å². The van der Waals surface area contributed by atoms with Crippen molar-refractivity contribution in [3.05, 3.63) is 58.1 Å². The lowest BCUT2D eigenvalue weighted by atomic mass is 10.1. The fraction of sp³-hybridized carbons (Fsp3) is 0.353. The molecule has 0 N–H and O–H groups in total. The number of hydrogen-bond acceptors (Lipinski definition) is 2. The molecule has 0 aliphatic carbocycles. The minimum atomic E-state index is -0.306. The molecule has 3 heteroatoms. The first-order chi connectivity index (χ1) is 9.47. The van der Waals surface area contributed by atoms with E-state index in [2.05, 4.69) is 19.9 Å². The van der Waals surface area contributed by atoms with Crippen molar-refractivity contribution >= 4 is 17.6 Å². The Kier molecular flexibility index (Phi) is 7.10. The van der Waals surface area contributed by atoms with Crippen LogP contribution in [-0.4, -0.2) is 5.97 Å². The van der Waals surface area contributed by atoms with E-state index >= 15 is 0 Å². The summed E-state index contributed by atoms with van der Waals surface area (Å²) in [7, 11) is 0. The lowest BCUT2D eigenvalue weighted by Crippen LogP contribution is -2.01. The molecule has 1 aromatic carbocycles. The monoisotopic (exact) mass is 292 g/mol. The van der Waals surface area contributed by atoms with E-state index in [0.29, 0.717) is 5.02 Å². The Morgan fingerprint density at radius 3 is 2.70 bits per heavy atom. The highest BCUT2D eigenvalue weighted by molar-refractivity contribution is 6.30. The zero-order valence-corrected chi connectivity index (χ0v) is 13.0. The van der Waals surface area contributed by atoms with Gasteiger partial charge in [-0.1, -0.05) is 41.0 Å². The molecule has 2 nitrogen and oxygen atoms in total. The highest BCUT2D eigenvalue weighted by Crippen LogP contribution is 2.12. The molecule has 0 saturated carbocycles. The van der Waals surface area contributed by atoms with Crippen molar-refractivity contribution in [2.24, 2.45) is 0 Å². The lowest BCUT2D eigenvalue weighted by molar-refractivity contribution is -0.139. The summed E-state index contributed by atoms with van der Waals surface area (Å²) in [6, 6.07) is 7.30. The summed E-state index contributed by atoms with van der Waals surface area (Å²) in [6.45, 7) is 6.33. The summed E-state index contributed by atoms with van der Waals surface area (Å²) in [4.78, 5) is 11.7. The van der Waals surface area contributed by atoms with Gasteiger partial charge < -0.3 is 4.74 Å². The van der Waals surface area contributed by atoms with Gasteiger partial charge in [0.05, 0.1) is 0 Å². The molecule has 0 saturated heterocycles. The molecule has 108 valence electrons. The van der Waals surface area contributed by atoms with Crippen molar-refractivity contribution in [1.29, 1.82) is 0 Å². The largest absolute Gasteiger partial charge is 0.458 e. The van der Waals surface area contributed by atoms with Gasteiger partial charge >= 0.3 is 5.97 Å². The van der Waals surface area contributed by atoms with Crippen molar-refractivity contribution in [3.63, 3.8) is 0 Å². The third-order valence-electron chi connectivity index (χ3n) is 2.73. The molecule has 0 aliphatic rings. The Labute approximate surface area is 126 Å². The fourth-order valence-electron chi connectivity index (χ4n) is 1.68. The second-order valence-corrected chi connectivity index (χ2v) is 5.48. The van der Waals surface area contributed by atoms with Crippen LogP contribution in [0, 0.1) is 0 Å². The maximum absolute atomic E-state index is 11.7. The smallest absolute Gasteiger partial charge is 0.331 e. The van der Waals surface area contributed by atoms with Crippen LogP contribution in [0.15, 0.2) is 47.6 Å². The van der Waals surface area contributed by atoms with Crippen molar-refractivity contribution < 1.29 is 9.53 Å². The predicted molar refractivity (Wildman–Crippen MR) is 83.7 cm³/mol. The molecule has 1 aromatic rings. The van der Waals surface area contributed by atoms with Gasteiger partial charge in [0.15, 0.2) is 0 Å². The first kappa shape index (κ1) is 16.5. The Bertz CT molecular complexity index is 511. The van der Waals surface area contributed by atoms with E-state index < -0.39 is 0 Å². The van der Waals surface area contributed by atoms with Crippen LogP contribution in [0.5, 0.6) is 0 Å². The van der Waals surface area contributed by atoms with Crippen LogP contribution in [0.25, 0.3) is 0 Å². The van der Waals surface area contributed by atoms with Crippen molar-refractivity contribution in [1.82, 2.24) is 0 Å². The van der Waals surface area contributed by atoms with E-state index in [4.69, 9.17) is 16.3 Å². The van der Waals surface area contributed by atoms with Gasteiger partial charge in [-0.2, -0.15) is 0 Å². The standard InChI is InChI=1S/C17H21ClO2/c1-13(2)6-4-7-14(3)10-17(19)20-12-15-8-5-9-16(18)11-15/h5-6,8-11H,4,7,12H2,1-3H3/b14-10+. The van der Waals surface area contributed by atoms with Gasteiger partial charge in [0.2, 0.25) is 0 Å². The van der Waals surface area contributed by atoms with Gasteiger partial charge in [0, 0.05) is 11.1 Å². The average Bonchev–Trinajstić information content (AvgIpc) is 2.36. The molecule has 0 fully saturated rings. The third-order valence-corrected chi connectivity index (χ3v) is 2.96. The first-order valence-corrected chi connectivity index (χ1v) is 7.07. The summed E-state index contributed by atoms with van der Waals surface area (Å²) in [5, 5.41) is 0.645. The number of carbonyl (C=O) groups is 1. The van der Waals surface area contributed by atoms with Gasteiger partial charge in [0.25, 0.3) is 0 Å². The number of ether oxygens (including phenoxy) is 1. The molecule has 0 aromatic heterocycles. The number of hydrogen-bond donors (Lipinski definition) is 0. The van der Waals surface area contributed by atoms with Crippen LogP contribution >= 0.6 is 11.6 Å². The van der Waals surface area contributed by atoms with E-state index in [9.17, 15) is 4.79 Å². The van der Waals surface area contributed by atoms with Crippen LogP contribution in [0.4, 0.5) is 0 Å². The molecule has 0 bridgehead atoms. The molecule has 20 heavy (non-hydrogen) atoms. The number of carbonyl (C=O) groups excluding carboxylic acids is 1. The summed E-state index contributed by atoms with van der Waals surface area (Å²) in [5.41, 5.74) is 3.21. The van der Waals surface area contributed by atoms with Gasteiger partial charge in [0.1, 0.15) is 6.61 Å². The highest BCUT2D eigenvalue weighted by atomic mass is 35.5. The summed E-state index contributed by atoms with van der Waals surface area (Å²) in [5.74, 6) is -0.306. The predicted octanol–water partition coefficient (Wildman–Crippen LogP) is 5.08. The molecule has 0 amide bonds. The van der Waals surface area contributed by atoms with E-state index in [1.54, 1.807) is 18.2 Å².